The van der Waals surface area contributed by atoms with Crippen molar-refractivity contribution in [3.05, 3.63) is 35.4 Å². The monoisotopic (exact) mass is 250 g/mol. The summed E-state index contributed by atoms with van der Waals surface area (Å²) < 4.78 is 0. The minimum atomic E-state index is 0.843. The fraction of sp³-hybridized carbons (Fsp3) is 0.667. The largest absolute Gasteiger partial charge is 0.0683 e. The van der Waals surface area contributed by atoms with Crippen molar-refractivity contribution in [1.29, 1.82) is 0 Å². The van der Waals surface area contributed by atoms with E-state index in [1.807, 2.05) is 41.5 Å². The molecule has 1 aromatic rings. The summed E-state index contributed by atoms with van der Waals surface area (Å²) in [7, 11) is 0. The van der Waals surface area contributed by atoms with E-state index >= 15 is 0 Å². The number of hydrogen-bond acceptors (Lipinski definition) is 0. The second-order valence-corrected chi connectivity index (χ2v) is 3.70. The molecule has 0 heteroatoms. The number of hydrogen-bond donors (Lipinski definition) is 0. The Morgan fingerprint density at radius 1 is 0.944 bits per heavy atom. The van der Waals surface area contributed by atoms with Crippen molar-refractivity contribution in [2.45, 2.75) is 80.1 Å². The van der Waals surface area contributed by atoms with Gasteiger partial charge in [-0.05, 0) is 42.7 Å². The van der Waals surface area contributed by atoms with Crippen LogP contribution in [-0.2, 0) is 6.42 Å². The maximum absolute atomic E-state index is 2.31. The van der Waals surface area contributed by atoms with Gasteiger partial charge in [0.2, 0.25) is 0 Å². The average Bonchev–Trinajstić information content (AvgIpc) is 2.52. The van der Waals surface area contributed by atoms with Crippen LogP contribution in [0.1, 0.15) is 84.8 Å². The molecule has 0 fully saturated rings. The Hall–Kier alpha value is -0.780. The van der Waals surface area contributed by atoms with Crippen LogP contribution in [0.25, 0.3) is 0 Å². The Morgan fingerprint density at radius 3 is 2.06 bits per heavy atom. The molecule has 0 radical (unpaired) electrons. The lowest BCUT2D eigenvalue weighted by molar-refractivity contribution is 0.540. The molecule has 2 rings (SSSR count). The summed E-state index contributed by atoms with van der Waals surface area (Å²) in [6, 6.07) is 8.93. The second-order valence-electron chi connectivity index (χ2n) is 3.70. The molecule has 1 unspecified atom stereocenters. The highest BCUT2D eigenvalue weighted by atomic mass is 14.2. The molecule has 106 valence electrons. The number of aryl methyl sites for hydroxylation is 1. The van der Waals surface area contributed by atoms with Crippen LogP contribution in [0.3, 0.4) is 0 Å². The zero-order valence-electron chi connectivity index (χ0n) is 13.7. The van der Waals surface area contributed by atoms with E-state index in [-0.39, 0.29) is 0 Å². The van der Waals surface area contributed by atoms with E-state index in [2.05, 4.69) is 31.2 Å². The first-order valence-electron chi connectivity index (χ1n) is 7.99. The first-order chi connectivity index (χ1) is 8.92. The summed E-state index contributed by atoms with van der Waals surface area (Å²) in [4.78, 5) is 0. The van der Waals surface area contributed by atoms with E-state index < -0.39 is 0 Å². The predicted molar refractivity (Wildman–Crippen MR) is 86.5 cm³/mol. The molecular weight excluding hydrogens is 216 g/mol. The molecular formula is C18H34. The van der Waals surface area contributed by atoms with Crippen molar-refractivity contribution < 1.29 is 0 Å². The van der Waals surface area contributed by atoms with Crippen LogP contribution in [0.2, 0.25) is 0 Å². The van der Waals surface area contributed by atoms with Gasteiger partial charge in [-0.2, -0.15) is 0 Å². The van der Waals surface area contributed by atoms with Crippen molar-refractivity contribution in [3.8, 4) is 0 Å². The molecule has 0 bridgehead atoms. The second kappa shape index (κ2) is 14.3. The normalized spacial score (nSPS) is 15.6. The first kappa shape index (κ1) is 19.6. The van der Waals surface area contributed by atoms with E-state index in [1.54, 1.807) is 11.1 Å². The van der Waals surface area contributed by atoms with Gasteiger partial charge in [0.1, 0.15) is 0 Å². The molecule has 0 heterocycles. The van der Waals surface area contributed by atoms with E-state index in [9.17, 15) is 0 Å². The zero-order valence-corrected chi connectivity index (χ0v) is 13.7. The number of fused-ring (bicyclic) bond motifs is 1. The summed E-state index contributed by atoms with van der Waals surface area (Å²) in [6.45, 7) is 14.3. The van der Waals surface area contributed by atoms with Crippen molar-refractivity contribution in [1.82, 2.24) is 0 Å². The summed E-state index contributed by atoms with van der Waals surface area (Å²) in [6.07, 6.45) is 5.38. The van der Waals surface area contributed by atoms with Crippen LogP contribution in [0.15, 0.2) is 24.3 Å². The number of rotatable bonds is 1. The molecule has 0 aliphatic heterocycles. The lowest BCUT2D eigenvalue weighted by Crippen LogP contribution is -2.08. The summed E-state index contributed by atoms with van der Waals surface area (Å²) in [5.74, 6) is 0.843. The predicted octanol–water partition coefficient (Wildman–Crippen LogP) is 6.60. The third-order valence-electron chi connectivity index (χ3n) is 2.99. The molecule has 0 spiro atoms. The fourth-order valence-electron chi connectivity index (χ4n) is 2.28. The van der Waals surface area contributed by atoms with Gasteiger partial charge in [0.15, 0.2) is 0 Å². The zero-order chi connectivity index (χ0) is 14.4. The molecule has 0 aromatic heterocycles. The quantitative estimate of drug-likeness (QED) is 0.527. The first-order valence-corrected chi connectivity index (χ1v) is 7.99. The fourth-order valence-corrected chi connectivity index (χ4v) is 2.28. The van der Waals surface area contributed by atoms with Crippen molar-refractivity contribution in [2.24, 2.45) is 0 Å². The molecule has 1 aliphatic carbocycles. The molecule has 1 atom stereocenters. The lowest BCUT2D eigenvalue weighted by atomic mass is 9.81. The Kier molecular flexibility index (Phi) is 15.5. The standard InChI is InChI=1S/C12H16.3C2H6/c1-2-10-7-5-8-11-6-3-4-9-12(10)11;3*1-2/h3-4,6,9-10H,2,5,7-8H2,1H3;3*1-2H3. The van der Waals surface area contributed by atoms with Crippen molar-refractivity contribution >= 4 is 0 Å². The highest BCUT2D eigenvalue weighted by molar-refractivity contribution is 5.32. The van der Waals surface area contributed by atoms with Gasteiger partial charge >= 0.3 is 0 Å². The summed E-state index contributed by atoms with van der Waals surface area (Å²) in [5, 5.41) is 0. The smallest absolute Gasteiger partial charge is 0.0162 e. The van der Waals surface area contributed by atoms with Crippen LogP contribution in [-0.4, -0.2) is 0 Å². The Labute approximate surface area is 116 Å². The SMILES string of the molecule is CC.CC.CC.CCC1CCCc2ccccc21. The van der Waals surface area contributed by atoms with Gasteiger partial charge in [-0.25, -0.2) is 0 Å². The van der Waals surface area contributed by atoms with Crippen LogP contribution in [0.4, 0.5) is 0 Å². The van der Waals surface area contributed by atoms with Crippen molar-refractivity contribution in [3.63, 3.8) is 0 Å². The van der Waals surface area contributed by atoms with Crippen molar-refractivity contribution in [2.75, 3.05) is 0 Å². The van der Waals surface area contributed by atoms with E-state index in [4.69, 9.17) is 0 Å². The molecule has 0 saturated heterocycles. The number of benzene rings is 1. The highest BCUT2D eigenvalue weighted by Gasteiger charge is 2.17. The molecule has 18 heavy (non-hydrogen) atoms. The molecule has 0 saturated carbocycles. The topological polar surface area (TPSA) is 0 Å². The van der Waals surface area contributed by atoms with Gasteiger partial charge in [-0.3, -0.25) is 0 Å². The third-order valence-corrected chi connectivity index (χ3v) is 2.99. The maximum atomic E-state index is 2.31. The Balaban J connectivity index is 0. The van der Waals surface area contributed by atoms with Crippen LogP contribution in [0, 0.1) is 0 Å². The highest BCUT2D eigenvalue weighted by Crippen LogP contribution is 2.33. The van der Waals surface area contributed by atoms with Gasteiger partial charge in [0.25, 0.3) is 0 Å². The molecule has 1 aromatic carbocycles. The summed E-state index contributed by atoms with van der Waals surface area (Å²) >= 11 is 0. The molecule has 0 amide bonds. The van der Waals surface area contributed by atoms with Crippen LogP contribution < -0.4 is 0 Å². The minimum Gasteiger partial charge on any atom is -0.0683 e. The van der Waals surface area contributed by atoms with Gasteiger partial charge in [0, 0.05) is 0 Å². The molecule has 0 nitrogen and oxygen atoms in total. The average molecular weight is 250 g/mol. The van der Waals surface area contributed by atoms with Gasteiger partial charge in [0.05, 0.1) is 0 Å². The third kappa shape index (κ3) is 6.23. The van der Waals surface area contributed by atoms with E-state index in [0.717, 1.165) is 5.92 Å². The lowest BCUT2D eigenvalue weighted by Gasteiger charge is -2.23. The molecule has 0 N–H and O–H groups in total. The van der Waals surface area contributed by atoms with Crippen LogP contribution in [0.5, 0.6) is 0 Å². The van der Waals surface area contributed by atoms with E-state index in [0.29, 0.717) is 0 Å². The Morgan fingerprint density at radius 2 is 1.50 bits per heavy atom. The van der Waals surface area contributed by atoms with E-state index in [1.165, 1.54) is 25.7 Å². The Bertz CT molecular complexity index is 262. The van der Waals surface area contributed by atoms with Gasteiger partial charge in [-0.15, -0.1) is 0 Å². The molecule has 1 aliphatic rings. The van der Waals surface area contributed by atoms with Gasteiger partial charge < -0.3 is 0 Å². The van der Waals surface area contributed by atoms with Crippen LogP contribution >= 0.6 is 0 Å². The minimum absolute atomic E-state index is 0.843. The maximum Gasteiger partial charge on any atom is -0.0162 e. The summed E-state index contributed by atoms with van der Waals surface area (Å²) in [5.41, 5.74) is 3.21. The van der Waals surface area contributed by atoms with Gasteiger partial charge in [-0.1, -0.05) is 72.7 Å².